The number of halogens is 2. The van der Waals surface area contributed by atoms with E-state index in [0.717, 1.165) is 6.07 Å². The van der Waals surface area contributed by atoms with Gasteiger partial charge in [0.2, 0.25) is 5.75 Å². The largest absolute Gasteiger partial charge is 0.449 e. The molecule has 21 heavy (non-hydrogen) atoms. The topological polar surface area (TPSA) is 102 Å². The quantitative estimate of drug-likeness (QED) is 0.390. The van der Waals surface area contributed by atoms with E-state index in [2.05, 4.69) is 0 Å². The molecule has 0 unspecified atom stereocenters. The number of amidine groups is 1. The SMILES string of the molecule is N=C(N)c1c(F)cccc1Oc1cc(Cl)ccc1[N+](=O)[O-]. The van der Waals surface area contributed by atoms with Gasteiger partial charge in [-0.25, -0.2) is 4.39 Å². The van der Waals surface area contributed by atoms with Crippen molar-refractivity contribution in [2.45, 2.75) is 0 Å². The Hall–Kier alpha value is -2.67. The molecule has 2 aromatic rings. The Labute approximate surface area is 123 Å². The molecule has 0 aliphatic carbocycles. The smallest absolute Gasteiger partial charge is 0.311 e. The Kier molecular flexibility index (Phi) is 4.04. The number of nitro benzene ring substituents is 1. The number of nitrogen functional groups attached to an aromatic ring is 1. The van der Waals surface area contributed by atoms with E-state index in [4.69, 9.17) is 27.5 Å². The van der Waals surface area contributed by atoms with Crippen LogP contribution < -0.4 is 10.5 Å². The molecule has 2 rings (SSSR count). The molecular formula is C13H9ClFN3O3. The Balaban J connectivity index is 2.53. The van der Waals surface area contributed by atoms with Gasteiger partial charge in [0.15, 0.2) is 0 Å². The third-order valence-electron chi connectivity index (χ3n) is 2.58. The summed E-state index contributed by atoms with van der Waals surface area (Å²) in [6.07, 6.45) is 0. The number of nitro groups is 1. The van der Waals surface area contributed by atoms with Crippen molar-refractivity contribution in [3.8, 4) is 11.5 Å². The van der Waals surface area contributed by atoms with Gasteiger partial charge < -0.3 is 10.5 Å². The van der Waals surface area contributed by atoms with Gasteiger partial charge in [0.05, 0.1) is 10.5 Å². The molecule has 0 aromatic heterocycles. The summed E-state index contributed by atoms with van der Waals surface area (Å²) in [5, 5.41) is 18.5. The van der Waals surface area contributed by atoms with Crippen LogP contribution in [0.15, 0.2) is 36.4 Å². The standard InChI is InChI=1S/C13H9ClFN3O3/c14-7-4-5-9(18(19)20)11(6-7)21-10-3-1-2-8(15)12(10)13(16)17/h1-6H,(H3,16,17). The molecule has 0 amide bonds. The maximum Gasteiger partial charge on any atom is 0.311 e. The van der Waals surface area contributed by atoms with Crippen molar-refractivity contribution in [3.63, 3.8) is 0 Å². The molecule has 8 heteroatoms. The normalized spacial score (nSPS) is 10.2. The van der Waals surface area contributed by atoms with E-state index in [0.29, 0.717) is 0 Å². The number of nitrogens with two attached hydrogens (primary N) is 1. The predicted molar refractivity (Wildman–Crippen MR) is 75.6 cm³/mol. The second-order valence-electron chi connectivity index (χ2n) is 4.00. The van der Waals surface area contributed by atoms with Crippen LogP contribution in [-0.4, -0.2) is 10.8 Å². The molecule has 0 aliphatic rings. The van der Waals surface area contributed by atoms with Crippen molar-refractivity contribution in [3.05, 3.63) is 62.9 Å². The zero-order chi connectivity index (χ0) is 15.6. The summed E-state index contributed by atoms with van der Waals surface area (Å²) in [5.41, 5.74) is 4.69. The molecule has 0 bridgehead atoms. The van der Waals surface area contributed by atoms with Crippen molar-refractivity contribution < 1.29 is 14.1 Å². The van der Waals surface area contributed by atoms with E-state index in [1.807, 2.05) is 0 Å². The third kappa shape index (κ3) is 3.09. The number of rotatable bonds is 4. The minimum atomic E-state index is -0.760. The van der Waals surface area contributed by atoms with Gasteiger partial charge in [-0.3, -0.25) is 15.5 Å². The number of hydrogen-bond acceptors (Lipinski definition) is 4. The average molecular weight is 310 g/mol. The first-order valence-corrected chi connectivity index (χ1v) is 6.02. The average Bonchev–Trinajstić information content (AvgIpc) is 2.37. The van der Waals surface area contributed by atoms with Crippen LogP contribution in [0.1, 0.15) is 5.56 Å². The van der Waals surface area contributed by atoms with Crippen molar-refractivity contribution >= 4 is 23.1 Å². The second kappa shape index (κ2) is 5.76. The van der Waals surface area contributed by atoms with Crippen LogP contribution in [0.2, 0.25) is 5.02 Å². The van der Waals surface area contributed by atoms with Crippen LogP contribution in [0.5, 0.6) is 11.5 Å². The molecule has 0 atom stereocenters. The van der Waals surface area contributed by atoms with Crippen molar-refractivity contribution in [2.75, 3.05) is 0 Å². The van der Waals surface area contributed by atoms with Crippen molar-refractivity contribution in [2.24, 2.45) is 5.73 Å². The van der Waals surface area contributed by atoms with Gasteiger partial charge in [0, 0.05) is 17.2 Å². The fourth-order valence-electron chi connectivity index (χ4n) is 1.69. The van der Waals surface area contributed by atoms with Gasteiger partial charge in [-0.05, 0) is 18.2 Å². The van der Waals surface area contributed by atoms with Crippen LogP contribution in [-0.2, 0) is 0 Å². The number of nitrogens with one attached hydrogen (secondary N) is 1. The minimum absolute atomic E-state index is 0.104. The molecule has 0 radical (unpaired) electrons. The molecule has 2 aromatic carbocycles. The highest BCUT2D eigenvalue weighted by molar-refractivity contribution is 6.30. The Morgan fingerprint density at radius 2 is 2.05 bits per heavy atom. The van der Waals surface area contributed by atoms with Crippen LogP contribution in [0, 0.1) is 21.3 Å². The van der Waals surface area contributed by atoms with E-state index in [-0.39, 0.29) is 27.8 Å². The van der Waals surface area contributed by atoms with E-state index in [9.17, 15) is 14.5 Å². The van der Waals surface area contributed by atoms with Crippen LogP contribution >= 0.6 is 11.6 Å². The summed E-state index contributed by atoms with van der Waals surface area (Å²) >= 11 is 5.78. The summed E-state index contributed by atoms with van der Waals surface area (Å²) in [4.78, 5) is 10.3. The van der Waals surface area contributed by atoms with Gasteiger partial charge in [0.25, 0.3) is 0 Å². The molecule has 108 valence electrons. The summed E-state index contributed by atoms with van der Waals surface area (Å²) in [6.45, 7) is 0. The summed E-state index contributed by atoms with van der Waals surface area (Å²) in [5.74, 6) is -1.58. The van der Waals surface area contributed by atoms with Crippen LogP contribution in [0.3, 0.4) is 0 Å². The second-order valence-corrected chi connectivity index (χ2v) is 4.43. The van der Waals surface area contributed by atoms with Gasteiger partial charge in [-0.1, -0.05) is 17.7 Å². The molecule has 0 heterocycles. The molecular weight excluding hydrogens is 301 g/mol. The number of benzene rings is 2. The zero-order valence-corrected chi connectivity index (χ0v) is 11.2. The predicted octanol–water partition coefficient (Wildman–Crippen LogP) is 3.46. The number of hydrogen-bond donors (Lipinski definition) is 2. The van der Waals surface area contributed by atoms with E-state index in [1.54, 1.807) is 0 Å². The molecule has 3 N–H and O–H groups in total. The van der Waals surface area contributed by atoms with Gasteiger partial charge >= 0.3 is 5.69 Å². The number of nitrogens with zero attached hydrogens (tertiary/aromatic N) is 1. The van der Waals surface area contributed by atoms with Crippen molar-refractivity contribution in [1.82, 2.24) is 0 Å². The van der Waals surface area contributed by atoms with E-state index >= 15 is 0 Å². The summed E-state index contributed by atoms with van der Waals surface area (Å²) in [7, 11) is 0. The number of ether oxygens (including phenoxy) is 1. The fourth-order valence-corrected chi connectivity index (χ4v) is 1.85. The first-order valence-electron chi connectivity index (χ1n) is 5.65. The third-order valence-corrected chi connectivity index (χ3v) is 2.82. The highest BCUT2D eigenvalue weighted by atomic mass is 35.5. The fraction of sp³-hybridized carbons (Fsp3) is 0. The summed E-state index contributed by atoms with van der Waals surface area (Å²) in [6, 6.07) is 7.54. The molecule has 0 saturated carbocycles. The van der Waals surface area contributed by atoms with Crippen LogP contribution in [0.4, 0.5) is 10.1 Å². The molecule has 6 nitrogen and oxygen atoms in total. The Bertz CT molecular complexity index is 737. The lowest BCUT2D eigenvalue weighted by molar-refractivity contribution is -0.385. The Morgan fingerprint density at radius 1 is 1.33 bits per heavy atom. The van der Waals surface area contributed by atoms with Crippen LogP contribution in [0.25, 0.3) is 0 Å². The highest BCUT2D eigenvalue weighted by Gasteiger charge is 2.19. The van der Waals surface area contributed by atoms with Gasteiger partial charge in [0.1, 0.15) is 17.4 Å². The van der Waals surface area contributed by atoms with Gasteiger partial charge in [-0.2, -0.15) is 0 Å². The summed E-state index contributed by atoms with van der Waals surface area (Å²) < 4.78 is 19.0. The minimum Gasteiger partial charge on any atom is -0.449 e. The lowest BCUT2D eigenvalue weighted by atomic mass is 10.1. The lowest BCUT2D eigenvalue weighted by Crippen LogP contribution is -2.14. The molecule has 0 saturated heterocycles. The highest BCUT2D eigenvalue weighted by Crippen LogP contribution is 2.35. The molecule has 0 fully saturated rings. The monoisotopic (exact) mass is 309 g/mol. The van der Waals surface area contributed by atoms with E-state index in [1.165, 1.54) is 30.3 Å². The Morgan fingerprint density at radius 3 is 2.67 bits per heavy atom. The first-order chi connectivity index (χ1) is 9.90. The molecule has 0 spiro atoms. The van der Waals surface area contributed by atoms with E-state index < -0.39 is 16.6 Å². The maximum atomic E-state index is 13.7. The van der Waals surface area contributed by atoms with Crippen molar-refractivity contribution in [1.29, 1.82) is 5.41 Å². The lowest BCUT2D eigenvalue weighted by Gasteiger charge is -2.11. The maximum absolute atomic E-state index is 13.7. The first kappa shape index (κ1) is 14.7. The zero-order valence-electron chi connectivity index (χ0n) is 10.5. The van der Waals surface area contributed by atoms with Gasteiger partial charge in [-0.15, -0.1) is 0 Å². The molecule has 0 aliphatic heterocycles.